The van der Waals surface area contributed by atoms with Crippen LogP contribution in [0.25, 0.3) is 0 Å². The molecule has 0 aromatic carbocycles. The summed E-state index contributed by atoms with van der Waals surface area (Å²) < 4.78 is 0. The first-order valence-electron chi connectivity index (χ1n) is 19.4. The zero-order valence-corrected chi connectivity index (χ0v) is 35.6. The van der Waals surface area contributed by atoms with Crippen molar-refractivity contribution in [1.29, 1.82) is 0 Å². The summed E-state index contributed by atoms with van der Waals surface area (Å²) in [7, 11) is 1.37. The molecular formula is C38H78O4SiZn. The molecule has 0 unspecified atom stereocenters. The normalized spacial score (nSPS) is 10.3. The molecule has 0 heterocycles. The van der Waals surface area contributed by atoms with Crippen LogP contribution < -0.4 is 10.2 Å². The standard InChI is InChI=1S/2C18H36O2.C2H8Si.Zn/c2*1-2-3-4-5-6-7-8-9-10-11-12-13-14-15-16-17-18(19)20;1-2-3;/h2*2-17H2,1H3,(H,19,20);2H2,1,3H3;/q;;;+2/p-2. The second-order valence-corrected chi connectivity index (χ2v) is 14.3. The molecule has 260 valence electrons. The van der Waals surface area contributed by atoms with Crippen molar-refractivity contribution >= 4 is 22.2 Å². The van der Waals surface area contributed by atoms with Crippen molar-refractivity contribution in [1.82, 2.24) is 0 Å². The second kappa shape index (κ2) is 49.7. The van der Waals surface area contributed by atoms with Gasteiger partial charge in [-0.05, 0) is 25.7 Å². The van der Waals surface area contributed by atoms with Crippen LogP contribution in [0, 0.1) is 0 Å². The van der Waals surface area contributed by atoms with Gasteiger partial charge in [0.2, 0.25) is 0 Å². The molecular weight excluding hydrogens is 614 g/mol. The van der Waals surface area contributed by atoms with Gasteiger partial charge in [-0.3, -0.25) is 0 Å². The molecule has 0 bridgehead atoms. The third-order valence-electron chi connectivity index (χ3n) is 7.97. The van der Waals surface area contributed by atoms with E-state index in [1.54, 1.807) is 0 Å². The molecule has 0 atom stereocenters. The Bertz CT molecular complexity index is 475. The molecule has 0 saturated carbocycles. The monoisotopic (exact) mass is 690 g/mol. The Balaban J connectivity index is -0.000000326. The van der Waals surface area contributed by atoms with Crippen LogP contribution in [0.5, 0.6) is 0 Å². The minimum atomic E-state index is -0.903. The molecule has 6 heteroatoms. The van der Waals surface area contributed by atoms with Gasteiger partial charge in [0, 0.05) is 22.2 Å². The first kappa shape index (κ1) is 50.6. The Hall–Kier alpha value is -0.220. The molecule has 0 aliphatic rings. The third kappa shape index (κ3) is 60.9. The van der Waals surface area contributed by atoms with Crippen molar-refractivity contribution < 1.29 is 39.3 Å². The predicted molar refractivity (Wildman–Crippen MR) is 190 cm³/mol. The number of hydrogen-bond acceptors (Lipinski definition) is 4. The average molecular weight is 693 g/mol. The van der Waals surface area contributed by atoms with Crippen LogP contribution in [-0.4, -0.2) is 22.2 Å². The van der Waals surface area contributed by atoms with Gasteiger partial charge in [-0.15, -0.1) is 0 Å². The number of aliphatic carboxylic acids is 2. The van der Waals surface area contributed by atoms with E-state index in [-0.39, 0.29) is 32.3 Å². The van der Waals surface area contributed by atoms with Crippen LogP contribution in [0.1, 0.15) is 226 Å². The Morgan fingerprint density at radius 1 is 0.364 bits per heavy atom. The molecule has 0 saturated heterocycles. The summed E-state index contributed by atoms with van der Waals surface area (Å²) in [5, 5.41) is 20.4. The molecule has 0 rings (SSSR count). The summed E-state index contributed by atoms with van der Waals surface area (Å²) in [4.78, 5) is 20.4. The van der Waals surface area contributed by atoms with E-state index in [0.29, 0.717) is 0 Å². The smallest absolute Gasteiger partial charge is 0.550 e. The predicted octanol–water partition coefficient (Wildman–Crippen LogP) is 9.78. The van der Waals surface area contributed by atoms with E-state index in [4.69, 9.17) is 0 Å². The van der Waals surface area contributed by atoms with Gasteiger partial charge in [0.25, 0.3) is 0 Å². The quantitative estimate of drug-likeness (QED) is 0.0520. The number of unbranched alkanes of at least 4 members (excludes halogenated alkanes) is 28. The van der Waals surface area contributed by atoms with Crippen molar-refractivity contribution in [3.63, 3.8) is 0 Å². The zero-order chi connectivity index (χ0) is 32.5. The van der Waals surface area contributed by atoms with Crippen LogP contribution in [0.4, 0.5) is 0 Å². The molecule has 4 nitrogen and oxygen atoms in total. The van der Waals surface area contributed by atoms with Gasteiger partial charge in [-0.25, -0.2) is 0 Å². The van der Waals surface area contributed by atoms with Crippen LogP contribution >= 0.6 is 0 Å². The van der Waals surface area contributed by atoms with Crippen LogP contribution in [-0.2, 0) is 29.1 Å². The summed E-state index contributed by atoms with van der Waals surface area (Å²) in [5.41, 5.74) is 0. The van der Waals surface area contributed by atoms with E-state index in [0.717, 1.165) is 25.7 Å². The number of hydrogen-bond donors (Lipinski definition) is 0. The van der Waals surface area contributed by atoms with Crippen LogP contribution in [0.15, 0.2) is 0 Å². The molecule has 0 aromatic heterocycles. The van der Waals surface area contributed by atoms with E-state index < -0.39 is 11.9 Å². The van der Waals surface area contributed by atoms with Gasteiger partial charge in [0.05, 0.1) is 0 Å². The second-order valence-electron chi connectivity index (χ2n) is 12.9. The maximum atomic E-state index is 10.2. The third-order valence-corrected chi connectivity index (χ3v) is 7.97. The fourth-order valence-corrected chi connectivity index (χ4v) is 5.28. The molecule has 0 amide bonds. The van der Waals surface area contributed by atoms with Crippen LogP contribution in [0.3, 0.4) is 0 Å². The fraction of sp³-hybridized carbons (Fsp3) is 0.947. The van der Waals surface area contributed by atoms with E-state index >= 15 is 0 Å². The van der Waals surface area contributed by atoms with Crippen LogP contribution in [0.2, 0.25) is 6.04 Å². The maximum Gasteiger partial charge on any atom is 2.00 e. The molecule has 44 heavy (non-hydrogen) atoms. The van der Waals surface area contributed by atoms with Gasteiger partial charge >= 0.3 is 19.5 Å². The van der Waals surface area contributed by atoms with Crippen molar-refractivity contribution in [3.05, 3.63) is 0 Å². The maximum absolute atomic E-state index is 10.2. The molecule has 0 N–H and O–H groups in total. The van der Waals surface area contributed by atoms with Crippen molar-refractivity contribution in [2.45, 2.75) is 232 Å². The largest absolute Gasteiger partial charge is 2.00 e. The molecule has 0 aliphatic carbocycles. The topological polar surface area (TPSA) is 80.3 Å². The van der Waals surface area contributed by atoms with Crippen molar-refractivity contribution in [2.75, 3.05) is 0 Å². The number of carboxylic acids is 2. The fourth-order valence-electron chi connectivity index (χ4n) is 5.28. The Morgan fingerprint density at radius 2 is 0.500 bits per heavy atom. The molecule has 0 radical (unpaired) electrons. The molecule has 0 aromatic rings. The summed E-state index contributed by atoms with van der Waals surface area (Å²) in [6.45, 7) is 6.72. The van der Waals surface area contributed by atoms with E-state index in [2.05, 4.69) is 20.8 Å². The van der Waals surface area contributed by atoms with Gasteiger partial charge < -0.3 is 19.8 Å². The number of rotatable bonds is 32. The summed E-state index contributed by atoms with van der Waals surface area (Å²) >= 11 is 0. The number of carboxylic acid groups (broad SMARTS) is 2. The molecule has 0 spiro atoms. The number of carbonyl (C=O) groups excluding carboxylic acids is 2. The van der Waals surface area contributed by atoms with Crippen molar-refractivity contribution in [3.8, 4) is 0 Å². The summed E-state index contributed by atoms with van der Waals surface area (Å²) in [6.07, 6.45) is 39.7. The van der Waals surface area contributed by atoms with E-state index in [1.807, 2.05) is 0 Å². The first-order chi connectivity index (χ1) is 21.0. The number of carbonyl (C=O) groups is 2. The Morgan fingerprint density at radius 3 is 0.636 bits per heavy atom. The molecule has 0 aliphatic heterocycles. The van der Waals surface area contributed by atoms with E-state index in [9.17, 15) is 19.8 Å². The Kier molecular flexibility index (Phi) is 57.1. The van der Waals surface area contributed by atoms with Gasteiger partial charge in [-0.1, -0.05) is 207 Å². The summed E-state index contributed by atoms with van der Waals surface area (Å²) in [5.74, 6) is -1.81. The molecule has 0 fully saturated rings. The van der Waals surface area contributed by atoms with Gasteiger partial charge in [0.1, 0.15) is 0 Å². The SMILES string of the molecule is CCCCCCCCCCCCCCCCCC(=O)[O-].CCCCCCCCCCCCCCCCCC(=O)[O-].CC[SiH3].[Zn+2]. The minimum absolute atomic E-state index is 0. The first-order valence-corrected chi connectivity index (χ1v) is 20.8. The zero-order valence-electron chi connectivity index (χ0n) is 30.7. The Labute approximate surface area is 292 Å². The average Bonchev–Trinajstić information content (AvgIpc) is 2.97. The summed E-state index contributed by atoms with van der Waals surface area (Å²) in [6, 6.07) is 1.39. The van der Waals surface area contributed by atoms with E-state index in [1.165, 1.54) is 183 Å². The minimum Gasteiger partial charge on any atom is -0.550 e. The van der Waals surface area contributed by atoms with Gasteiger partial charge in [0.15, 0.2) is 0 Å². The van der Waals surface area contributed by atoms with Crippen molar-refractivity contribution in [2.24, 2.45) is 0 Å². The van der Waals surface area contributed by atoms with Gasteiger partial charge in [-0.2, -0.15) is 0 Å².